The molecule has 0 unspecified atom stereocenters. The molecule has 4 rings (SSSR count). The van der Waals surface area contributed by atoms with Crippen molar-refractivity contribution in [1.29, 1.82) is 0 Å². The molecule has 2 aromatic carbocycles. The SMILES string of the molecule is CCc1ccc(N=C2S[C@@H](CC(=O)Nc3ccc(C)cc3)C(=O)N2C2CC2)cc1. The van der Waals surface area contributed by atoms with E-state index in [1.807, 2.05) is 48.2 Å². The van der Waals surface area contributed by atoms with Crippen molar-refractivity contribution in [3.63, 3.8) is 0 Å². The minimum Gasteiger partial charge on any atom is -0.326 e. The Morgan fingerprint density at radius 2 is 1.83 bits per heavy atom. The Bertz CT molecular complexity index is 934. The zero-order chi connectivity index (χ0) is 20.4. The standard InChI is InChI=1S/C23H25N3O2S/c1-3-16-6-10-18(11-7-16)25-23-26(19-12-13-19)22(28)20(29-23)14-21(27)24-17-8-4-15(2)5-9-17/h4-11,19-20H,3,12-14H2,1-2H3,(H,24,27)/t20-/m0/s1. The van der Waals surface area contributed by atoms with E-state index in [2.05, 4.69) is 24.4 Å². The van der Waals surface area contributed by atoms with E-state index >= 15 is 0 Å². The predicted molar refractivity (Wildman–Crippen MR) is 119 cm³/mol. The first kappa shape index (κ1) is 19.7. The highest BCUT2D eigenvalue weighted by Gasteiger charge is 2.46. The van der Waals surface area contributed by atoms with Crippen LogP contribution in [0.3, 0.4) is 0 Å². The first-order valence-corrected chi connectivity index (χ1v) is 11.0. The number of rotatable bonds is 6. The average Bonchev–Trinajstić information content (AvgIpc) is 3.50. The number of nitrogens with zero attached hydrogens (tertiary/aromatic N) is 2. The van der Waals surface area contributed by atoms with E-state index in [1.165, 1.54) is 17.3 Å². The van der Waals surface area contributed by atoms with Gasteiger partial charge in [0.2, 0.25) is 11.8 Å². The molecule has 0 radical (unpaired) electrons. The van der Waals surface area contributed by atoms with Crippen LogP contribution in [-0.4, -0.2) is 33.2 Å². The zero-order valence-corrected chi connectivity index (χ0v) is 17.5. The molecule has 1 aliphatic heterocycles. The molecule has 1 heterocycles. The van der Waals surface area contributed by atoms with Crippen LogP contribution in [0.2, 0.25) is 0 Å². The number of amidine groups is 1. The molecule has 2 aromatic rings. The summed E-state index contributed by atoms with van der Waals surface area (Å²) in [5, 5.41) is 3.19. The van der Waals surface area contributed by atoms with Crippen LogP contribution in [0.5, 0.6) is 0 Å². The Balaban J connectivity index is 1.47. The van der Waals surface area contributed by atoms with Gasteiger partial charge in [-0.1, -0.05) is 48.5 Å². The fraction of sp³-hybridized carbons (Fsp3) is 0.348. The van der Waals surface area contributed by atoms with Crippen LogP contribution in [-0.2, 0) is 16.0 Å². The zero-order valence-electron chi connectivity index (χ0n) is 16.7. The number of hydrogen-bond donors (Lipinski definition) is 1. The topological polar surface area (TPSA) is 61.8 Å². The molecular formula is C23H25N3O2S. The van der Waals surface area contributed by atoms with Crippen molar-refractivity contribution in [2.75, 3.05) is 5.32 Å². The van der Waals surface area contributed by atoms with Crippen molar-refractivity contribution in [3.8, 4) is 0 Å². The molecule has 2 amide bonds. The maximum Gasteiger partial charge on any atom is 0.242 e. The number of anilines is 1. The van der Waals surface area contributed by atoms with Crippen molar-refractivity contribution in [2.24, 2.45) is 4.99 Å². The molecule has 1 saturated heterocycles. The van der Waals surface area contributed by atoms with Gasteiger partial charge in [-0.15, -0.1) is 0 Å². The van der Waals surface area contributed by atoms with Crippen LogP contribution in [0, 0.1) is 6.92 Å². The molecule has 1 atom stereocenters. The average molecular weight is 408 g/mol. The molecule has 2 aliphatic rings. The van der Waals surface area contributed by atoms with Crippen molar-refractivity contribution in [3.05, 3.63) is 59.7 Å². The van der Waals surface area contributed by atoms with Crippen LogP contribution in [0.15, 0.2) is 53.5 Å². The highest BCUT2D eigenvalue weighted by Crippen LogP contribution is 2.39. The molecular weight excluding hydrogens is 382 g/mol. The van der Waals surface area contributed by atoms with Gasteiger partial charge < -0.3 is 5.32 Å². The summed E-state index contributed by atoms with van der Waals surface area (Å²) in [6.07, 6.45) is 3.13. The number of thioether (sulfide) groups is 1. The van der Waals surface area contributed by atoms with Crippen LogP contribution < -0.4 is 5.32 Å². The largest absolute Gasteiger partial charge is 0.326 e. The van der Waals surface area contributed by atoms with E-state index in [-0.39, 0.29) is 24.3 Å². The number of amides is 2. The Morgan fingerprint density at radius 1 is 1.14 bits per heavy atom. The van der Waals surface area contributed by atoms with E-state index in [0.29, 0.717) is 0 Å². The summed E-state index contributed by atoms with van der Waals surface area (Å²) in [6.45, 7) is 4.12. The molecule has 29 heavy (non-hydrogen) atoms. The van der Waals surface area contributed by atoms with Gasteiger partial charge in [0.15, 0.2) is 5.17 Å². The Hall–Kier alpha value is -2.60. The number of nitrogens with one attached hydrogen (secondary N) is 1. The van der Waals surface area contributed by atoms with Gasteiger partial charge in [0.25, 0.3) is 0 Å². The Morgan fingerprint density at radius 3 is 2.45 bits per heavy atom. The van der Waals surface area contributed by atoms with Crippen LogP contribution in [0.1, 0.15) is 37.3 Å². The quantitative estimate of drug-likeness (QED) is 0.756. The third kappa shape index (κ3) is 4.70. The Labute approximate surface area is 175 Å². The maximum absolute atomic E-state index is 13.0. The second-order valence-corrected chi connectivity index (χ2v) is 8.75. The number of aliphatic imine (C=N–C) groups is 1. The van der Waals surface area contributed by atoms with Gasteiger partial charge in [-0.2, -0.15) is 0 Å². The molecule has 1 saturated carbocycles. The highest BCUT2D eigenvalue weighted by atomic mass is 32.2. The van der Waals surface area contributed by atoms with Crippen molar-refractivity contribution in [2.45, 2.75) is 50.8 Å². The number of hydrogen-bond acceptors (Lipinski definition) is 4. The minimum atomic E-state index is -0.422. The van der Waals surface area contributed by atoms with Gasteiger partial charge in [0, 0.05) is 18.2 Å². The lowest BCUT2D eigenvalue weighted by molar-refractivity contribution is -0.128. The van der Waals surface area contributed by atoms with Crippen molar-refractivity contribution >= 4 is 40.1 Å². The third-order valence-electron chi connectivity index (χ3n) is 5.15. The molecule has 0 spiro atoms. The van der Waals surface area contributed by atoms with Gasteiger partial charge in [0.05, 0.1) is 5.69 Å². The summed E-state index contributed by atoms with van der Waals surface area (Å²) in [6, 6.07) is 16.0. The van der Waals surface area contributed by atoms with Crippen LogP contribution >= 0.6 is 11.8 Å². The third-order valence-corrected chi connectivity index (χ3v) is 6.31. The first-order chi connectivity index (χ1) is 14.0. The molecule has 2 fully saturated rings. The number of aryl methyl sites for hydroxylation is 2. The maximum atomic E-state index is 13.0. The lowest BCUT2D eigenvalue weighted by Crippen LogP contribution is -2.35. The molecule has 6 heteroatoms. The number of carbonyl (C=O) groups excluding carboxylic acids is 2. The van der Waals surface area contributed by atoms with E-state index in [4.69, 9.17) is 4.99 Å². The van der Waals surface area contributed by atoms with E-state index in [1.54, 1.807) is 0 Å². The predicted octanol–water partition coefficient (Wildman–Crippen LogP) is 4.68. The second-order valence-electron chi connectivity index (χ2n) is 7.58. The smallest absolute Gasteiger partial charge is 0.242 e. The number of carbonyl (C=O) groups is 2. The van der Waals surface area contributed by atoms with Gasteiger partial charge >= 0.3 is 0 Å². The lowest BCUT2D eigenvalue weighted by atomic mass is 10.2. The summed E-state index contributed by atoms with van der Waals surface area (Å²) in [4.78, 5) is 32.0. The summed E-state index contributed by atoms with van der Waals surface area (Å²) in [5.41, 5.74) is 3.99. The van der Waals surface area contributed by atoms with E-state index < -0.39 is 5.25 Å². The van der Waals surface area contributed by atoms with Gasteiger partial charge in [-0.25, -0.2) is 4.99 Å². The van der Waals surface area contributed by atoms with Gasteiger partial charge in [-0.05, 0) is 56.0 Å². The highest BCUT2D eigenvalue weighted by molar-refractivity contribution is 8.15. The lowest BCUT2D eigenvalue weighted by Gasteiger charge is -2.15. The van der Waals surface area contributed by atoms with E-state index in [0.717, 1.165) is 41.4 Å². The number of benzene rings is 2. The fourth-order valence-corrected chi connectivity index (χ4v) is 4.51. The minimum absolute atomic E-state index is 0.000449. The second kappa shape index (κ2) is 8.41. The van der Waals surface area contributed by atoms with Crippen LogP contribution in [0.4, 0.5) is 11.4 Å². The van der Waals surface area contributed by atoms with Gasteiger partial charge in [-0.3, -0.25) is 14.5 Å². The summed E-state index contributed by atoms with van der Waals surface area (Å²) < 4.78 is 0. The Kier molecular flexibility index (Phi) is 5.72. The summed E-state index contributed by atoms with van der Waals surface area (Å²) >= 11 is 1.41. The van der Waals surface area contributed by atoms with Gasteiger partial charge in [0.1, 0.15) is 5.25 Å². The molecule has 150 valence electrons. The normalized spacial score (nSPS) is 20.3. The summed E-state index contributed by atoms with van der Waals surface area (Å²) in [5.74, 6) is -0.149. The van der Waals surface area contributed by atoms with E-state index in [9.17, 15) is 9.59 Å². The molecule has 0 aromatic heterocycles. The monoisotopic (exact) mass is 407 g/mol. The van der Waals surface area contributed by atoms with Crippen LogP contribution in [0.25, 0.3) is 0 Å². The molecule has 0 bridgehead atoms. The van der Waals surface area contributed by atoms with Crippen molar-refractivity contribution in [1.82, 2.24) is 4.90 Å². The fourth-order valence-electron chi connectivity index (χ4n) is 3.30. The first-order valence-electron chi connectivity index (χ1n) is 10.1. The molecule has 5 nitrogen and oxygen atoms in total. The van der Waals surface area contributed by atoms with Crippen molar-refractivity contribution < 1.29 is 9.59 Å². The molecule has 1 aliphatic carbocycles. The molecule has 1 N–H and O–H groups in total. The summed E-state index contributed by atoms with van der Waals surface area (Å²) in [7, 11) is 0.